The summed E-state index contributed by atoms with van der Waals surface area (Å²) in [7, 11) is 3.22. The Morgan fingerprint density at radius 2 is 1.76 bits per heavy atom. The van der Waals surface area contributed by atoms with Gasteiger partial charge >= 0.3 is 6.03 Å². The standard InChI is InChI=1S/C26H39N3O4S/c1-19(2)16-29(25(31)27-26(3,4)5)18-24(30)28(17-21-9-8-14-34-21)13-12-20-10-11-22(32-6)23(15-20)33-7/h8-11,14-15,19H,12-13,16-18H2,1-7H3,(H,27,31). The molecule has 0 aliphatic rings. The minimum absolute atomic E-state index is 0.0391. The van der Waals surface area contributed by atoms with E-state index in [0.29, 0.717) is 37.6 Å². The summed E-state index contributed by atoms with van der Waals surface area (Å²) in [5, 5.41) is 5.00. The fraction of sp³-hybridized carbons (Fsp3) is 0.538. The van der Waals surface area contributed by atoms with Gasteiger partial charge < -0.3 is 24.6 Å². The highest BCUT2D eigenvalue weighted by atomic mass is 32.1. The second-order valence-electron chi connectivity index (χ2n) is 9.79. The first-order valence-corrected chi connectivity index (χ1v) is 12.5. The summed E-state index contributed by atoms with van der Waals surface area (Å²) < 4.78 is 10.7. The number of urea groups is 1. The Morgan fingerprint density at radius 3 is 2.32 bits per heavy atom. The van der Waals surface area contributed by atoms with Crippen molar-refractivity contribution < 1.29 is 19.1 Å². The second-order valence-corrected chi connectivity index (χ2v) is 10.8. The van der Waals surface area contributed by atoms with Gasteiger partial charge in [0.1, 0.15) is 6.54 Å². The molecule has 0 saturated carbocycles. The monoisotopic (exact) mass is 489 g/mol. The van der Waals surface area contributed by atoms with Crippen LogP contribution in [0.4, 0.5) is 4.79 Å². The van der Waals surface area contributed by atoms with Crippen LogP contribution in [0.3, 0.4) is 0 Å². The number of benzene rings is 1. The minimum Gasteiger partial charge on any atom is -0.493 e. The molecule has 0 unspecified atom stereocenters. The van der Waals surface area contributed by atoms with Gasteiger partial charge in [0, 0.05) is 23.5 Å². The zero-order chi connectivity index (χ0) is 25.3. The molecule has 7 nitrogen and oxygen atoms in total. The van der Waals surface area contributed by atoms with Gasteiger partial charge in [-0.2, -0.15) is 0 Å². The predicted molar refractivity (Wildman–Crippen MR) is 138 cm³/mol. The molecule has 0 atom stereocenters. The molecule has 0 radical (unpaired) electrons. The van der Waals surface area contributed by atoms with Gasteiger partial charge in [0.15, 0.2) is 11.5 Å². The highest BCUT2D eigenvalue weighted by Gasteiger charge is 2.25. The van der Waals surface area contributed by atoms with E-state index in [1.807, 2.05) is 75.2 Å². The molecule has 1 heterocycles. The number of nitrogens with one attached hydrogen (secondary N) is 1. The van der Waals surface area contributed by atoms with Crippen LogP contribution in [0, 0.1) is 5.92 Å². The van der Waals surface area contributed by atoms with E-state index in [0.717, 1.165) is 10.4 Å². The van der Waals surface area contributed by atoms with Crippen molar-refractivity contribution in [3.05, 3.63) is 46.2 Å². The number of rotatable bonds is 11. The smallest absolute Gasteiger partial charge is 0.318 e. The van der Waals surface area contributed by atoms with Crippen LogP contribution in [0.15, 0.2) is 35.7 Å². The summed E-state index contributed by atoms with van der Waals surface area (Å²) in [6.45, 7) is 11.5. The highest BCUT2D eigenvalue weighted by molar-refractivity contribution is 7.09. The normalized spacial score (nSPS) is 11.3. The largest absolute Gasteiger partial charge is 0.493 e. The minimum atomic E-state index is -0.376. The fourth-order valence-electron chi connectivity index (χ4n) is 3.51. The van der Waals surface area contributed by atoms with Crippen molar-refractivity contribution in [1.82, 2.24) is 15.1 Å². The number of carbonyl (C=O) groups is 2. The summed E-state index contributed by atoms with van der Waals surface area (Å²) in [6.07, 6.45) is 0.663. The third-order valence-electron chi connectivity index (χ3n) is 5.08. The highest BCUT2D eigenvalue weighted by Crippen LogP contribution is 2.28. The summed E-state index contributed by atoms with van der Waals surface area (Å²) in [5.41, 5.74) is 0.672. The molecule has 2 rings (SSSR count). The Bertz CT molecular complexity index is 923. The van der Waals surface area contributed by atoms with E-state index in [2.05, 4.69) is 5.32 Å². The summed E-state index contributed by atoms with van der Waals surface area (Å²) in [5.74, 6) is 1.51. The van der Waals surface area contributed by atoms with Crippen molar-refractivity contribution >= 4 is 23.3 Å². The van der Waals surface area contributed by atoms with E-state index < -0.39 is 0 Å². The number of methoxy groups -OCH3 is 2. The molecule has 0 bridgehead atoms. The van der Waals surface area contributed by atoms with Gasteiger partial charge in [-0.25, -0.2) is 4.79 Å². The lowest BCUT2D eigenvalue weighted by Gasteiger charge is -2.31. The third kappa shape index (κ3) is 8.89. The lowest BCUT2D eigenvalue weighted by Crippen LogP contribution is -2.52. The third-order valence-corrected chi connectivity index (χ3v) is 5.94. The van der Waals surface area contributed by atoms with Gasteiger partial charge in [-0.1, -0.05) is 26.0 Å². The first kappa shape index (κ1) is 27.5. The van der Waals surface area contributed by atoms with Crippen molar-refractivity contribution in [2.45, 2.75) is 53.1 Å². The molecule has 3 amide bonds. The van der Waals surface area contributed by atoms with Crippen LogP contribution >= 0.6 is 11.3 Å². The van der Waals surface area contributed by atoms with Crippen molar-refractivity contribution in [3.63, 3.8) is 0 Å². The van der Waals surface area contributed by atoms with Gasteiger partial charge in [-0.15, -0.1) is 11.3 Å². The van der Waals surface area contributed by atoms with Gasteiger partial charge in [0.25, 0.3) is 0 Å². The van der Waals surface area contributed by atoms with Crippen molar-refractivity contribution in [3.8, 4) is 11.5 Å². The maximum Gasteiger partial charge on any atom is 0.318 e. The lowest BCUT2D eigenvalue weighted by molar-refractivity contribution is -0.132. The number of ether oxygens (including phenoxy) is 2. The summed E-state index contributed by atoms with van der Waals surface area (Å²) in [4.78, 5) is 30.9. The van der Waals surface area contributed by atoms with Crippen LogP contribution in [0.2, 0.25) is 0 Å². The lowest BCUT2D eigenvalue weighted by atomic mass is 10.1. The fourth-order valence-corrected chi connectivity index (χ4v) is 4.23. The van der Waals surface area contributed by atoms with Crippen LogP contribution in [0.25, 0.3) is 0 Å². The van der Waals surface area contributed by atoms with Crippen molar-refractivity contribution in [2.24, 2.45) is 5.92 Å². The molecule has 34 heavy (non-hydrogen) atoms. The quantitative estimate of drug-likeness (QED) is 0.492. The SMILES string of the molecule is COc1ccc(CCN(Cc2cccs2)C(=O)CN(CC(C)C)C(=O)NC(C)(C)C)cc1OC. The van der Waals surface area contributed by atoms with Crippen molar-refractivity contribution in [1.29, 1.82) is 0 Å². The zero-order valence-electron chi connectivity index (χ0n) is 21.5. The Balaban J connectivity index is 2.17. The maximum atomic E-state index is 13.4. The molecular weight excluding hydrogens is 450 g/mol. The van der Waals surface area contributed by atoms with Crippen molar-refractivity contribution in [2.75, 3.05) is 33.9 Å². The number of carbonyl (C=O) groups excluding carboxylic acids is 2. The first-order chi connectivity index (χ1) is 16.0. The van der Waals surface area contributed by atoms with E-state index in [1.165, 1.54) is 0 Å². The molecule has 1 N–H and O–H groups in total. The number of hydrogen-bond donors (Lipinski definition) is 1. The Kier molecular flexibility index (Phi) is 10.2. The van der Waals surface area contributed by atoms with E-state index in [9.17, 15) is 9.59 Å². The average Bonchev–Trinajstić information content (AvgIpc) is 3.27. The molecule has 1 aromatic carbocycles. The van der Waals surface area contributed by atoms with Gasteiger partial charge in [-0.05, 0) is 62.3 Å². The molecule has 0 aliphatic carbocycles. The molecular formula is C26H39N3O4S. The average molecular weight is 490 g/mol. The Labute approximate surface area is 208 Å². The molecule has 1 aromatic heterocycles. The Hall–Kier alpha value is -2.74. The number of hydrogen-bond acceptors (Lipinski definition) is 5. The number of amides is 3. The summed E-state index contributed by atoms with van der Waals surface area (Å²) >= 11 is 1.62. The maximum absolute atomic E-state index is 13.4. The van der Waals surface area contributed by atoms with Gasteiger partial charge in [0.05, 0.1) is 20.8 Å². The molecule has 8 heteroatoms. The van der Waals surface area contributed by atoms with Crippen LogP contribution in [0.1, 0.15) is 45.1 Å². The molecule has 0 saturated heterocycles. The van der Waals surface area contributed by atoms with Gasteiger partial charge in [0.2, 0.25) is 5.91 Å². The second kappa shape index (κ2) is 12.6. The van der Waals surface area contributed by atoms with E-state index in [1.54, 1.807) is 30.5 Å². The zero-order valence-corrected chi connectivity index (χ0v) is 22.3. The van der Waals surface area contributed by atoms with E-state index >= 15 is 0 Å². The van der Waals surface area contributed by atoms with E-state index in [4.69, 9.17) is 9.47 Å². The number of nitrogens with zero attached hydrogens (tertiary/aromatic N) is 2. The molecule has 2 aromatic rings. The van der Waals surface area contributed by atoms with Crippen LogP contribution < -0.4 is 14.8 Å². The predicted octanol–water partition coefficient (Wildman–Crippen LogP) is 4.80. The summed E-state index contributed by atoms with van der Waals surface area (Å²) in [6, 6.07) is 9.59. The topological polar surface area (TPSA) is 71.1 Å². The van der Waals surface area contributed by atoms with Crippen LogP contribution in [-0.4, -0.2) is 61.1 Å². The molecule has 188 valence electrons. The molecule has 0 spiro atoms. The van der Waals surface area contributed by atoms with Crippen LogP contribution in [0.5, 0.6) is 11.5 Å². The molecule has 0 fully saturated rings. The number of thiophene rings is 1. The Morgan fingerprint density at radius 1 is 1.06 bits per heavy atom. The first-order valence-electron chi connectivity index (χ1n) is 11.6. The van der Waals surface area contributed by atoms with Crippen LogP contribution in [-0.2, 0) is 17.8 Å². The van der Waals surface area contributed by atoms with Gasteiger partial charge in [-0.3, -0.25) is 4.79 Å². The van der Waals surface area contributed by atoms with E-state index in [-0.39, 0.29) is 29.9 Å². The molecule has 0 aliphatic heterocycles.